The maximum absolute atomic E-state index is 13.3. The number of rotatable bonds is 7. The third kappa shape index (κ3) is 4.83. The van der Waals surface area contributed by atoms with Crippen molar-refractivity contribution >= 4 is 21.6 Å². The van der Waals surface area contributed by atoms with Gasteiger partial charge in [0, 0.05) is 37.5 Å². The minimum atomic E-state index is -3.82. The molecule has 0 unspecified atom stereocenters. The lowest BCUT2D eigenvalue weighted by molar-refractivity contribution is 0.0784. The van der Waals surface area contributed by atoms with E-state index in [1.54, 1.807) is 48.3 Å². The Hall–Kier alpha value is -3.91. The van der Waals surface area contributed by atoms with E-state index in [0.717, 1.165) is 22.6 Å². The summed E-state index contributed by atoms with van der Waals surface area (Å²) in [6, 6.07) is 24.8. The van der Waals surface area contributed by atoms with E-state index in [9.17, 15) is 13.2 Å². The molecule has 0 saturated heterocycles. The number of para-hydroxylation sites is 2. The summed E-state index contributed by atoms with van der Waals surface area (Å²) >= 11 is 0. The second-order valence-corrected chi connectivity index (χ2v) is 10.4. The number of sulfonamides is 1. The fourth-order valence-electron chi connectivity index (χ4n) is 3.98. The number of carbonyl (C=O) groups excluding carboxylic acids is 1. The third-order valence-corrected chi connectivity index (χ3v) is 7.82. The van der Waals surface area contributed by atoms with Gasteiger partial charge in [0.1, 0.15) is 0 Å². The molecule has 0 N–H and O–H groups in total. The van der Waals surface area contributed by atoms with Crippen molar-refractivity contribution in [2.24, 2.45) is 0 Å². The summed E-state index contributed by atoms with van der Waals surface area (Å²) in [6.07, 6.45) is 0. The van der Waals surface area contributed by atoms with Gasteiger partial charge in [-0.05, 0) is 56.3 Å². The van der Waals surface area contributed by atoms with Gasteiger partial charge in [0.25, 0.3) is 15.9 Å². The number of carbonyl (C=O) groups is 1. The van der Waals surface area contributed by atoms with Crippen molar-refractivity contribution in [1.82, 2.24) is 14.7 Å². The van der Waals surface area contributed by atoms with Crippen molar-refractivity contribution in [2.75, 3.05) is 18.4 Å². The Morgan fingerprint density at radius 3 is 2.17 bits per heavy atom. The molecule has 0 saturated carbocycles. The van der Waals surface area contributed by atoms with Gasteiger partial charge in [0.15, 0.2) is 0 Å². The molecule has 8 heteroatoms. The van der Waals surface area contributed by atoms with Crippen molar-refractivity contribution in [3.63, 3.8) is 0 Å². The van der Waals surface area contributed by atoms with Gasteiger partial charge < -0.3 is 4.90 Å². The van der Waals surface area contributed by atoms with Crippen LogP contribution in [0.2, 0.25) is 0 Å². The molecule has 1 amide bonds. The van der Waals surface area contributed by atoms with E-state index in [1.165, 1.54) is 23.5 Å². The van der Waals surface area contributed by atoms with E-state index < -0.39 is 10.0 Å². The second-order valence-electron chi connectivity index (χ2n) is 8.39. The molecule has 0 aliphatic rings. The van der Waals surface area contributed by atoms with E-state index in [-0.39, 0.29) is 10.8 Å². The highest BCUT2D eigenvalue weighted by atomic mass is 32.2. The molecule has 35 heavy (non-hydrogen) atoms. The normalized spacial score (nSPS) is 11.3. The van der Waals surface area contributed by atoms with E-state index >= 15 is 0 Å². The fraction of sp³-hybridized carbons (Fsp3) is 0.185. The molecule has 0 spiro atoms. The van der Waals surface area contributed by atoms with Crippen molar-refractivity contribution < 1.29 is 13.2 Å². The van der Waals surface area contributed by atoms with Gasteiger partial charge >= 0.3 is 0 Å². The van der Waals surface area contributed by atoms with Crippen molar-refractivity contribution in [3.8, 4) is 5.69 Å². The summed E-state index contributed by atoms with van der Waals surface area (Å²) in [4.78, 5) is 14.9. The van der Waals surface area contributed by atoms with Gasteiger partial charge in [-0.25, -0.2) is 13.1 Å². The predicted octanol–water partition coefficient (Wildman–Crippen LogP) is 4.59. The lowest BCUT2D eigenvalue weighted by Crippen LogP contribution is -2.28. The summed E-state index contributed by atoms with van der Waals surface area (Å²) in [5, 5.41) is 4.65. The third-order valence-electron chi connectivity index (χ3n) is 6.04. The lowest BCUT2D eigenvalue weighted by atomic mass is 10.1. The summed E-state index contributed by atoms with van der Waals surface area (Å²) in [6.45, 7) is 4.25. The number of hydrogen-bond acceptors (Lipinski definition) is 4. The van der Waals surface area contributed by atoms with E-state index in [2.05, 4.69) is 5.10 Å². The molecule has 180 valence electrons. The van der Waals surface area contributed by atoms with Crippen molar-refractivity contribution in [3.05, 3.63) is 107 Å². The van der Waals surface area contributed by atoms with Crippen LogP contribution in [-0.2, 0) is 16.6 Å². The number of anilines is 1. The Kier molecular flexibility index (Phi) is 6.75. The van der Waals surface area contributed by atoms with Gasteiger partial charge in [0.2, 0.25) is 0 Å². The van der Waals surface area contributed by atoms with Gasteiger partial charge in [0.05, 0.1) is 22.0 Å². The molecule has 3 aromatic carbocycles. The average molecular weight is 489 g/mol. The number of aromatic nitrogens is 2. The first-order valence-corrected chi connectivity index (χ1v) is 12.6. The van der Waals surface area contributed by atoms with Gasteiger partial charge in [-0.3, -0.25) is 9.10 Å². The summed E-state index contributed by atoms with van der Waals surface area (Å²) in [5.41, 5.74) is 4.55. The molecule has 0 aliphatic heterocycles. The van der Waals surface area contributed by atoms with Crippen LogP contribution < -0.4 is 4.31 Å². The molecule has 1 aromatic heterocycles. The van der Waals surface area contributed by atoms with Crippen molar-refractivity contribution in [2.45, 2.75) is 25.3 Å². The number of hydrogen-bond donors (Lipinski definition) is 0. The van der Waals surface area contributed by atoms with Crippen LogP contribution in [0.5, 0.6) is 0 Å². The van der Waals surface area contributed by atoms with E-state index in [4.69, 9.17) is 0 Å². The van der Waals surface area contributed by atoms with Crippen LogP contribution in [0.4, 0.5) is 5.69 Å². The Morgan fingerprint density at radius 2 is 1.51 bits per heavy atom. The average Bonchev–Trinajstić information content (AvgIpc) is 3.17. The van der Waals surface area contributed by atoms with Crippen LogP contribution in [0.25, 0.3) is 5.69 Å². The molecule has 0 atom stereocenters. The number of benzene rings is 3. The van der Waals surface area contributed by atoms with Crippen LogP contribution in [0.1, 0.15) is 27.3 Å². The Morgan fingerprint density at radius 1 is 0.886 bits per heavy atom. The van der Waals surface area contributed by atoms with Crippen LogP contribution in [0.15, 0.2) is 89.8 Å². The number of nitrogens with zero attached hydrogens (tertiary/aromatic N) is 4. The number of amides is 1. The van der Waals surface area contributed by atoms with E-state index in [1.807, 2.05) is 54.9 Å². The second kappa shape index (κ2) is 9.76. The molecule has 0 radical (unpaired) electrons. The van der Waals surface area contributed by atoms with Crippen LogP contribution in [-0.4, -0.2) is 43.1 Å². The fourth-order valence-corrected chi connectivity index (χ4v) is 5.22. The van der Waals surface area contributed by atoms with Gasteiger partial charge in [-0.2, -0.15) is 5.10 Å². The predicted molar refractivity (Wildman–Crippen MR) is 137 cm³/mol. The maximum Gasteiger partial charge on any atom is 0.264 e. The van der Waals surface area contributed by atoms with Crippen LogP contribution in [0.3, 0.4) is 0 Å². The minimum absolute atomic E-state index is 0.0624. The van der Waals surface area contributed by atoms with E-state index in [0.29, 0.717) is 17.8 Å². The molecular weight excluding hydrogens is 460 g/mol. The quantitative estimate of drug-likeness (QED) is 0.381. The zero-order valence-corrected chi connectivity index (χ0v) is 21.0. The van der Waals surface area contributed by atoms with Gasteiger partial charge in [-0.15, -0.1) is 0 Å². The highest BCUT2D eigenvalue weighted by Gasteiger charge is 2.24. The number of aryl methyl sites for hydroxylation is 1. The Bertz CT molecular complexity index is 1450. The summed E-state index contributed by atoms with van der Waals surface area (Å²) in [7, 11) is -0.616. The monoisotopic (exact) mass is 488 g/mol. The highest BCUT2D eigenvalue weighted by Crippen LogP contribution is 2.24. The maximum atomic E-state index is 13.3. The van der Waals surface area contributed by atoms with Crippen molar-refractivity contribution in [1.29, 1.82) is 0 Å². The topological polar surface area (TPSA) is 75.5 Å². The first-order valence-electron chi connectivity index (χ1n) is 11.2. The molecule has 0 fully saturated rings. The van der Waals surface area contributed by atoms with Crippen LogP contribution >= 0.6 is 0 Å². The molecule has 7 nitrogen and oxygen atoms in total. The first-order chi connectivity index (χ1) is 16.7. The lowest BCUT2D eigenvalue weighted by Gasteiger charge is -2.21. The van der Waals surface area contributed by atoms with Gasteiger partial charge in [-0.1, -0.05) is 42.5 Å². The largest absolute Gasteiger partial charge is 0.337 e. The smallest absolute Gasteiger partial charge is 0.264 e. The molecule has 4 rings (SSSR count). The SMILES string of the molecule is Cc1nn(-c2ccccc2)c(C)c1CN(C)C(=O)c1cccc(S(=O)(=O)N(C)c2ccccc2)c1. The summed E-state index contributed by atoms with van der Waals surface area (Å²) < 4.78 is 29.5. The molecule has 1 heterocycles. The summed E-state index contributed by atoms with van der Waals surface area (Å²) in [5.74, 6) is -0.268. The minimum Gasteiger partial charge on any atom is -0.337 e. The highest BCUT2D eigenvalue weighted by molar-refractivity contribution is 7.92. The first kappa shape index (κ1) is 24.2. The molecule has 0 bridgehead atoms. The zero-order chi connectivity index (χ0) is 25.2. The Labute approximate surface area is 206 Å². The molecule has 0 aliphatic carbocycles. The van der Waals surface area contributed by atoms with Crippen LogP contribution in [0, 0.1) is 13.8 Å². The molecular formula is C27H28N4O3S. The zero-order valence-electron chi connectivity index (χ0n) is 20.2. The Balaban J connectivity index is 1.57. The standard InChI is InChI=1S/C27H28N4O3S/c1-20-26(21(2)31(28-20)24-15-9-6-10-16-24)19-29(3)27(32)22-12-11-17-25(18-22)35(33,34)30(4)23-13-7-5-8-14-23/h5-18H,19H2,1-4H3. The molecule has 4 aromatic rings.